The number of ether oxygens (including phenoxy) is 2. The van der Waals surface area contributed by atoms with Gasteiger partial charge in [0.25, 0.3) is 0 Å². The topological polar surface area (TPSA) is 65.4 Å². The monoisotopic (exact) mass is 489 g/mol. The first-order chi connectivity index (χ1) is 17.2. The normalized spacial score (nSPS) is 13.3. The molecule has 0 aliphatic heterocycles. The van der Waals surface area contributed by atoms with Crippen LogP contribution in [0.15, 0.2) is 72.9 Å². The molecule has 0 bridgehead atoms. The van der Waals surface area contributed by atoms with Crippen LogP contribution in [-0.4, -0.2) is 28.8 Å². The number of nitrogens with one attached hydrogen (secondary N) is 1. The number of fused-ring (bicyclic) bond motifs is 1. The summed E-state index contributed by atoms with van der Waals surface area (Å²) in [7, 11) is 1.63. The Morgan fingerprint density at radius 2 is 1.81 bits per heavy atom. The summed E-state index contributed by atoms with van der Waals surface area (Å²) in [5.74, 6) is 1.03. The van der Waals surface area contributed by atoms with Gasteiger partial charge >= 0.3 is 0 Å². The molecule has 0 fully saturated rings. The largest absolute Gasteiger partial charge is 0.497 e. The summed E-state index contributed by atoms with van der Waals surface area (Å²) >= 11 is 0. The van der Waals surface area contributed by atoms with E-state index in [0.29, 0.717) is 17.9 Å². The summed E-state index contributed by atoms with van der Waals surface area (Å²) in [6.45, 7) is 7.70. The molecular formula is C29H32FN3O3. The Morgan fingerprint density at radius 3 is 2.47 bits per heavy atom. The molecule has 2 atom stereocenters. The molecule has 6 nitrogen and oxygen atoms in total. The average molecular weight is 490 g/mol. The van der Waals surface area contributed by atoms with Gasteiger partial charge in [0.05, 0.1) is 30.6 Å². The highest BCUT2D eigenvalue weighted by Gasteiger charge is 2.30. The Balaban J connectivity index is 1.68. The SMILES string of the molecule is CC[C@H](NC(=O)C(C)(C)C)[C@H](Oc1ccc2c(cnn2-c2ccc(F)cc2)c1)c1cccc(OC)c1. The van der Waals surface area contributed by atoms with Gasteiger partial charge in [-0.3, -0.25) is 4.79 Å². The van der Waals surface area contributed by atoms with E-state index in [1.165, 1.54) is 12.1 Å². The minimum absolute atomic E-state index is 0.0399. The van der Waals surface area contributed by atoms with Crippen LogP contribution in [0.3, 0.4) is 0 Å². The third kappa shape index (κ3) is 5.51. The Labute approximate surface area is 211 Å². The van der Waals surface area contributed by atoms with Crippen molar-refractivity contribution >= 4 is 16.8 Å². The molecule has 1 aromatic heterocycles. The van der Waals surface area contributed by atoms with E-state index in [-0.39, 0.29) is 17.8 Å². The van der Waals surface area contributed by atoms with Crippen molar-refractivity contribution in [2.24, 2.45) is 5.41 Å². The second kappa shape index (κ2) is 10.4. The summed E-state index contributed by atoms with van der Waals surface area (Å²) in [4.78, 5) is 12.9. The lowest BCUT2D eigenvalue weighted by molar-refractivity contribution is -0.130. The number of carbonyl (C=O) groups excluding carboxylic acids is 1. The number of nitrogens with zero attached hydrogens (tertiary/aromatic N) is 2. The number of methoxy groups -OCH3 is 1. The number of benzene rings is 3. The van der Waals surface area contributed by atoms with Gasteiger partial charge < -0.3 is 14.8 Å². The lowest BCUT2D eigenvalue weighted by Gasteiger charge is -2.31. The molecule has 0 saturated carbocycles. The van der Waals surface area contributed by atoms with Gasteiger partial charge in [0.15, 0.2) is 0 Å². The molecule has 1 N–H and O–H groups in total. The molecule has 1 heterocycles. The van der Waals surface area contributed by atoms with Gasteiger partial charge in [0.1, 0.15) is 23.4 Å². The van der Waals surface area contributed by atoms with Crippen molar-refractivity contribution < 1.29 is 18.7 Å². The van der Waals surface area contributed by atoms with Crippen LogP contribution in [0.25, 0.3) is 16.6 Å². The van der Waals surface area contributed by atoms with Crippen molar-refractivity contribution in [1.82, 2.24) is 15.1 Å². The molecule has 1 amide bonds. The number of hydrogen-bond donors (Lipinski definition) is 1. The Hall–Kier alpha value is -3.87. The first kappa shape index (κ1) is 25.2. The smallest absolute Gasteiger partial charge is 0.225 e. The summed E-state index contributed by atoms with van der Waals surface area (Å²) in [6, 6.07) is 19.4. The molecule has 3 aromatic carbocycles. The number of rotatable bonds is 8. The fourth-order valence-corrected chi connectivity index (χ4v) is 4.00. The molecular weight excluding hydrogens is 457 g/mol. The van der Waals surface area contributed by atoms with Crippen LogP contribution in [0.1, 0.15) is 45.8 Å². The molecule has 0 radical (unpaired) electrons. The van der Waals surface area contributed by atoms with Crippen LogP contribution in [0, 0.1) is 11.2 Å². The third-order valence-electron chi connectivity index (χ3n) is 6.10. The molecule has 188 valence electrons. The van der Waals surface area contributed by atoms with Gasteiger partial charge in [0.2, 0.25) is 5.91 Å². The van der Waals surface area contributed by atoms with Crippen molar-refractivity contribution in [3.05, 3.63) is 84.3 Å². The van der Waals surface area contributed by atoms with Crippen molar-refractivity contribution in [3.63, 3.8) is 0 Å². The zero-order chi connectivity index (χ0) is 25.9. The van der Waals surface area contributed by atoms with Crippen LogP contribution >= 0.6 is 0 Å². The predicted molar refractivity (Wildman–Crippen MR) is 139 cm³/mol. The summed E-state index contributed by atoms with van der Waals surface area (Å²) in [5.41, 5.74) is 2.02. The van der Waals surface area contributed by atoms with Crippen LogP contribution in [0.2, 0.25) is 0 Å². The van der Waals surface area contributed by atoms with E-state index in [1.807, 2.05) is 70.2 Å². The van der Waals surface area contributed by atoms with Gasteiger partial charge in [0, 0.05) is 10.8 Å². The summed E-state index contributed by atoms with van der Waals surface area (Å²) in [5, 5.41) is 8.54. The molecule has 0 unspecified atom stereocenters. The van der Waals surface area contributed by atoms with E-state index < -0.39 is 11.5 Å². The highest BCUT2D eigenvalue weighted by molar-refractivity contribution is 5.82. The minimum Gasteiger partial charge on any atom is -0.497 e. The fraction of sp³-hybridized carbons (Fsp3) is 0.310. The molecule has 7 heteroatoms. The van der Waals surface area contributed by atoms with Crippen LogP contribution in [0.4, 0.5) is 4.39 Å². The third-order valence-corrected chi connectivity index (χ3v) is 6.10. The van der Waals surface area contributed by atoms with E-state index >= 15 is 0 Å². The van der Waals surface area contributed by atoms with E-state index in [1.54, 1.807) is 30.1 Å². The highest BCUT2D eigenvalue weighted by Crippen LogP contribution is 2.31. The Kier molecular flexibility index (Phi) is 7.29. The quantitative estimate of drug-likeness (QED) is 0.318. The predicted octanol–water partition coefficient (Wildman–Crippen LogP) is 6.23. The second-order valence-corrected chi connectivity index (χ2v) is 9.81. The first-order valence-corrected chi connectivity index (χ1v) is 12.0. The van der Waals surface area contributed by atoms with Crippen LogP contribution in [0.5, 0.6) is 11.5 Å². The Morgan fingerprint density at radius 1 is 1.06 bits per heavy atom. The molecule has 36 heavy (non-hydrogen) atoms. The van der Waals surface area contributed by atoms with Crippen LogP contribution < -0.4 is 14.8 Å². The van der Waals surface area contributed by atoms with E-state index in [9.17, 15) is 9.18 Å². The van der Waals surface area contributed by atoms with Gasteiger partial charge in [-0.1, -0.05) is 39.8 Å². The minimum atomic E-state index is -0.528. The average Bonchev–Trinajstić information content (AvgIpc) is 3.29. The van der Waals surface area contributed by atoms with Crippen molar-refractivity contribution in [3.8, 4) is 17.2 Å². The zero-order valence-electron chi connectivity index (χ0n) is 21.3. The first-order valence-electron chi connectivity index (χ1n) is 12.0. The lowest BCUT2D eigenvalue weighted by atomic mass is 9.93. The lowest BCUT2D eigenvalue weighted by Crippen LogP contribution is -2.45. The summed E-state index contributed by atoms with van der Waals surface area (Å²) < 4.78 is 27.1. The maximum atomic E-state index is 13.4. The molecule has 0 spiro atoms. The van der Waals surface area contributed by atoms with Crippen molar-refractivity contribution in [1.29, 1.82) is 0 Å². The van der Waals surface area contributed by atoms with Crippen molar-refractivity contribution in [2.75, 3.05) is 7.11 Å². The number of aromatic nitrogens is 2. The molecule has 4 rings (SSSR count). The second-order valence-electron chi connectivity index (χ2n) is 9.81. The van der Waals surface area contributed by atoms with Crippen molar-refractivity contribution in [2.45, 2.75) is 46.3 Å². The number of carbonyl (C=O) groups is 1. The molecule has 0 saturated heterocycles. The number of halogens is 1. The fourth-order valence-electron chi connectivity index (χ4n) is 4.00. The van der Waals surface area contributed by atoms with E-state index in [4.69, 9.17) is 9.47 Å². The summed E-state index contributed by atoms with van der Waals surface area (Å²) in [6.07, 6.45) is 1.99. The van der Waals surface area contributed by atoms with E-state index in [2.05, 4.69) is 10.4 Å². The van der Waals surface area contributed by atoms with E-state index in [0.717, 1.165) is 22.2 Å². The molecule has 0 aliphatic rings. The van der Waals surface area contributed by atoms with Gasteiger partial charge in [-0.05, 0) is 66.6 Å². The molecule has 4 aromatic rings. The van der Waals surface area contributed by atoms with Gasteiger partial charge in [-0.15, -0.1) is 0 Å². The Bertz CT molecular complexity index is 1340. The maximum absolute atomic E-state index is 13.4. The highest BCUT2D eigenvalue weighted by atomic mass is 19.1. The molecule has 0 aliphatic carbocycles. The maximum Gasteiger partial charge on any atom is 0.225 e. The number of amides is 1. The van der Waals surface area contributed by atoms with Gasteiger partial charge in [-0.25, -0.2) is 9.07 Å². The number of hydrogen-bond acceptors (Lipinski definition) is 4. The zero-order valence-corrected chi connectivity index (χ0v) is 21.3. The van der Waals surface area contributed by atoms with Crippen LogP contribution in [-0.2, 0) is 4.79 Å². The van der Waals surface area contributed by atoms with Gasteiger partial charge in [-0.2, -0.15) is 5.10 Å². The standard InChI is InChI=1S/C29H32FN3O3/c1-6-25(32-28(34)29(2,3)4)27(19-8-7-9-23(16-19)35-5)36-24-14-15-26-20(17-24)18-31-33(26)22-12-10-21(30)11-13-22/h7-18,25,27H,6H2,1-5H3,(H,32,34)/t25-,27+/m0/s1.